The average molecular weight is 426 g/mol. The number of anilines is 1. The molecule has 0 bridgehead atoms. The van der Waals surface area contributed by atoms with E-state index in [1.165, 1.54) is 11.3 Å². The molecule has 1 amide bonds. The second-order valence-corrected chi connectivity index (χ2v) is 7.19. The molecule has 0 aromatic carbocycles. The minimum Gasteiger partial charge on any atom is -0.475 e. The third-order valence-corrected chi connectivity index (χ3v) is 4.41. The molecule has 0 aliphatic heterocycles. The van der Waals surface area contributed by atoms with Gasteiger partial charge < -0.3 is 10.4 Å². The lowest BCUT2D eigenvalue weighted by Crippen LogP contribution is -2.34. The first kappa shape index (κ1) is 22.3. The number of nitrogens with zero attached hydrogens (tertiary/aromatic N) is 2. The lowest BCUT2D eigenvalue weighted by Gasteiger charge is -2.07. The van der Waals surface area contributed by atoms with Crippen LogP contribution in [0.4, 0.5) is 19.1 Å². The van der Waals surface area contributed by atoms with Gasteiger partial charge in [-0.25, -0.2) is 27.9 Å². The van der Waals surface area contributed by atoms with Crippen molar-refractivity contribution >= 4 is 39.2 Å². The Hall–Kier alpha value is -2.74. The smallest absolute Gasteiger partial charge is 0.475 e. The molecular weight excluding hydrogens is 413 g/mol. The van der Waals surface area contributed by atoms with E-state index in [1.807, 2.05) is 4.72 Å². The van der Waals surface area contributed by atoms with E-state index in [0.29, 0.717) is 11.5 Å². The van der Waals surface area contributed by atoms with Gasteiger partial charge in [-0.05, 0) is 17.5 Å². The number of hydrogen-bond acceptors (Lipinski definition) is 8. The Bertz CT molecular complexity index is 843. The van der Waals surface area contributed by atoms with Crippen LogP contribution in [0.1, 0.15) is 10.4 Å². The summed E-state index contributed by atoms with van der Waals surface area (Å²) in [5.41, 5.74) is 0.331. The monoisotopic (exact) mass is 426 g/mol. The summed E-state index contributed by atoms with van der Waals surface area (Å²) in [5.74, 6) is -3.29. The van der Waals surface area contributed by atoms with Crippen LogP contribution in [-0.2, 0) is 14.8 Å². The largest absolute Gasteiger partial charge is 0.490 e. The summed E-state index contributed by atoms with van der Waals surface area (Å²) in [6.07, 6.45) is -2.00. The molecule has 14 heteroatoms. The maximum atomic E-state index is 11.7. The van der Waals surface area contributed by atoms with Crippen molar-refractivity contribution in [1.29, 1.82) is 0 Å². The van der Waals surface area contributed by atoms with Gasteiger partial charge in [-0.1, -0.05) is 0 Å². The number of rotatable bonds is 6. The molecular formula is C13H13F3N4O5S2. The van der Waals surface area contributed by atoms with E-state index >= 15 is 0 Å². The van der Waals surface area contributed by atoms with Crippen LogP contribution in [0.15, 0.2) is 35.3 Å². The molecule has 0 fully saturated rings. The van der Waals surface area contributed by atoms with E-state index in [4.69, 9.17) is 9.90 Å². The topological polar surface area (TPSA) is 138 Å². The molecule has 27 heavy (non-hydrogen) atoms. The zero-order chi connectivity index (χ0) is 20.5. The van der Waals surface area contributed by atoms with Crippen LogP contribution >= 0.6 is 11.3 Å². The van der Waals surface area contributed by atoms with Crippen LogP contribution in [0.3, 0.4) is 0 Å². The summed E-state index contributed by atoms with van der Waals surface area (Å²) in [4.78, 5) is 28.3. The van der Waals surface area contributed by atoms with Gasteiger partial charge >= 0.3 is 12.1 Å². The molecule has 9 nitrogen and oxygen atoms in total. The van der Waals surface area contributed by atoms with Crippen molar-refractivity contribution in [3.05, 3.63) is 40.8 Å². The van der Waals surface area contributed by atoms with Crippen molar-refractivity contribution in [3.63, 3.8) is 0 Å². The van der Waals surface area contributed by atoms with Gasteiger partial charge in [-0.2, -0.15) is 24.5 Å². The first-order chi connectivity index (χ1) is 12.5. The number of sulfonamides is 1. The number of carboxylic acids is 1. The second-order valence-electron chi connectivity index (χ2n) is 4.56. The summed E-state index contributed by atoms with van der Waals surface area (Å²) < 4.78 is 57.2. The Morgan fingerprint density at radius 3 is 2.30 bits per heavy atom. The second kappa shape index (κ2) is 9.82. The van der Waals surface area contributed by atoms with E-state index in [9.17, 15) is 26.4 Å². The normalized spacial score (nSPS) is 11.1. The van der Waals surface area contributed by atoms with Crippen molar-refractivity contribution in [2.75, 3.05) is 17.6 Å². The number of alkyl halides is 3. The van der Waals surface area contributed by atoms with Crippen LogP contribution in [0, 0.1) is 0 Å². The third kappa shape index (κ3) is 8.96. The average Bonchev–Trinajstić information content (AvgIpc) is 3.09. The number of aliphatic carboxylic acids is 1. The number of aromatic nitrogens is 2. The minimum absolute atomic E-state index is 0.107. The molecule has 148 valence electrons. The molecule has 0 atom stereocenters. The van der Waals surface area contributed by atoms with Crippen LogP contribution in [0.25, 0.3) is 0 Å². The molecule has 2 rings (SSSR count). The predicted octanol–water partition coefficient (Wildman–Crippen LogP) is 1.34. The highest BCUT2D eigenvalue weighted by molar-refractivity contribution is 7.90. The van der Waals surface area contributed by atoms with Crippen molar-refractivity contribution in [2.45, 2.75) is 6.18 Å². The Kier molecular flexibility index (Phi) is 8.11. The summed E-state index contributed by atoms with van der Waals surface area (Å²) in [5, 5.41) is 13.2. The number of carbonyl (C=O) groups excluding carboxylic acids is 1. The highest BCUT2D eigenvalue weighted by Gasteiger charge is 2.38. The number of hydrogen-bond donors (Lipinski definition) is 3. The number of carboxylic acid groups (broad SMARTS) is 1. The molecule has 2 aromatic heterocycles. The van der Waals surface area contributed by atoms with Gasteiger partial charge in [0.1, 0.15) is 0 Å². The molecule has 2 aromatic rings. The Labute approximate surface area is 155 Å². The first-order valence-electron chi connectivity index (χ1n) is 6.89. The number of nitrogens with one attached hydrogen (secondary N) is 2. The van der Waals surface area contributed by atoms with Gasteiger partial charge in [0, 0.05) is 24.3 Å². The van der Waals surface area contributed by atoms with E-state index in [-0.39, 0.29) is 12.3 Å². The van der Waals surface area contributed by atoms with Crippen molar-refractivity contribution in [1.82, 2.24) is 14.7 Å². The van der Waals surface area contributed by atoms with Crippen molar-refractivity contribution in [3.8, 4) is 0 Å². The first-order valence-corrected chi connectivity index (χ1v) is 9.49. The van der Waals surface area contributed by atoms with Gasteiger partial charge in [0.2, 0.25) is 16.0 Å². The fraction of sp³-hybridized carbons (Fsp3) is 0.231. The third-order valence-electron chi connectivity index (χ3n) is 2.49. The molecule has 0 spiro atoms. The van der Waals surface area contributed by atoms with E-state index in [2.05, 4.69) is 15.3 Å². The van der Waals surface area contributed by atoms with Gasteiger partial charge in [0.25, 0.3) is 5.91 Å². The molecule has 0 radical (unpaired) electrons. The maximum Gasteiger partial charge on any atom is 0.490 e. The molecule has 0 aliphatic carbocycles. The van der Waals surface area contributed by atoms with Gasteiger partial charge in [0.05, 0.1) is 11.3 Å². The van der Waals surface area contributed by atoms with Gasteiger partial charge in [-0.15, -0.1) is 0 Å². The highest BCUT2D eigenvalue weighted by Crippen LogP contribution is 2.13. The number of carbonyl (C=O) groups is 2. The highest BCUT2D eigenvalue weighted by atomic mass is 32.2. The predicted molar refractivity (Wildman–Crippen MR) is 89.8 cm³/mol. The van der Waals surface area contributed by atoms with E-state index in [0.717, 1.165) is 0 Å². The Morgan fingerprint density at radius 1 is 1.22 bits per heavy atom. The SMILES string of the molecule is O=C(NS(=O)(=O)CCNc1ncccn1)c1ccsc1.O=C(O)C(F)(F)F. The van der Waals surface area contributed by atoms with Crippen molar-refractivity contribution in [2.24, 2.45) is 0 Å². The van der Waals surface area contributed by atoms with Crippen LogP contribution in [0.2, 0.25) is 0 Å². The zero-order valence-corrected chi connectivity index (χ0v) is 14.9. The van der Waals surface area contributed by atoms with Crippen LogP contribution < -0.4 is 10.0 Å². The standard InChI is InChI=1S/C11H12N4O3S2.C2HF3O2/c16-10(9-2-6-19-8-9)15-20(17,18)7-5-14-11-12-3-1-4-13-11;3-2(4,5)1(6)7/h1-4,6,8H,5,7H2,(H,15,16)(H,12,13,14);(H,6,7). The quantitative estimate of drug-likeness (QED) is 0.629. The summed E-state index contributed by atoms with van der Waals surface area (Å²) in [7, 11) is -3.69. The molecule has 0 saturated heterocycles. The summed E-state index contributed by atoms with van der Waals surface area (Å²) in [6, 6.07) is 3.22. The van der Waals surface area contributed by atoms with Gasteiger partial charge in [0.15, 0.2) is 0 Å². The Morgan fingerprint density at radius 2 is 1.81 bits per heavy atom. The number of halogens is 3. The fourth-order valence-electron chi connectivity index (χ4n) is 1.33. The molecule has 2 heterocycles. The Balaban J connectivity index is 0.000000445. The van der Waals surface area contributed by atoms with Gasteiger partial charge in [-0.3, -0.25) is 4.79 Å². The summed E-state index contributed by atoms with van der Waals surface area (Å²) in [6.45, 7) is 0.107. The lowest BCUT2D eigenvalue weighted by atomic mass is 10.3. The fourth-order valence-corrected chi connectivity index (χ4v) is 2.84. The van der Waals surface area contributed by atoms with Crippen molar-refractivity contribution < 1.29 is 36.3 Å². The number of amides is 1. The van der Waals surface area contributed by atoms with Crippen LogP contribution in [0.5, 0.6) is 0 Å². The number of thiophene rings is 1. The van der Waals surface area contributed by atoms with Crippen LogP contribution in [-0.4, -0.2) is 53.8 Å². The molecule has 0 aliphatic rings. The summed E-state index contributed by atoms with van der Waals surface area (Å²) >= 11 is 1.32. The maximum absolute atomic E-state index is 11.7. The van der Waals surface area contributed by atoms with E-state index in [1.54, 1.807) is 35.3 Å². The molecule has 0 unspecified atom stereocenters. The van der Waals surface area contributed by atoms with E-state index < -0.39 is 28.1 Å². The minimum atomic E-state index is -5.08. The lowest BCUT2D eigenvalue weighted by molar-refractivity contribution is -0.192. The molecule has 0 saturated carbocycles. The molecule has 3 N–H and O–H groups in total. The zero-order valence-electron chi connectivity index (χ0n) is 13.3.